The number of halogens is 3. The summed E-state index contributed by atoms with van der Waals surface area (Å²) >= 11 is 0. The van der Waals surface area contributed by atoms with Gasteiger partial charge in [0.25, 0.3) is 0 Å². The van der Waals surface area contributed by atoms with E-state index in [4.69, 9.17) is 0 Å². The third-order valence-electron chi connectivity index (χ3n) is 3.84. The molecular formula is C18H12F3N5O3. The molecule has 4 N–H and O–H groups in total. The summed E-state index contributed by atoms with van der Waals surface area (Å²) in [6.45, 7) is 0. The zero-order valence-corrected chi connectivity index (χ0v) is 14.4. The summed E-state index contributed by atoms with van der Waals surface area (Å²) < 4.78 is 45.0. The van der Waals surface area contributed by atoms with Crippen LogP contribution in [0.4, 0.5) is 42.0 Å². The fraction of sp³-hybridized carbons (Fsp3) is 0.0556. The molecule has 0 saturated heterocycles. The molecule has 1 amide bonds. The van der Waals surface area contributed by atoms with Gasteiger partial charge in [-0.1, -0.05) is 6.07 Å². The molecule has 0 atom stereocenters. The number of nitrogens with zero attached hydrogens (tertiary/aromatic N) is 2. The molecule has 0 saturated carbocycles. The lowest BCUT2D eigenvalue weighted by Crippen LogP contribution is -2.43. The van der Waals surface area contributed by atoms with Crippen molar-refractivity contribution in [2.24, 2.45) is 0 Å². The molecule has 1 aromatic heterocycles. The molecule has 0 spiro atoms. The maximum atomic E-state index is 14.1. The standard InChI is InChI=1S/C18H12F3N5O3/c19-12-8-22-17(24-9-2-1-3-11(27)6-9)26-15(12)23-10-4-5-14-13(7-10)25-16(28)18(20,21)29-14/h1-8,27H,(H,25,28)(H2,22,23,24,26). The number of aromatic hydroxyl groups is 1. The van der Waals surface area contributed by atoms with E-state index in [0.29, 0.717) is 5.69 Å². The number of anilines is 5. The number of phenols is 1. The number of alkyl halides is 2. The van der Waals surface area contributed by atoms with Gasteiger partial charge in [-0.2, -0.15) is 13.8 Å². The Morgan fingerprint density at radius 1 is 1.10 bits per heavy atom. The maximum Gasteiger partial charge on any atom is 0.482 e. The Balaban J connectivity index is 1.57. The van der Waals surface area contributed by atoms with Crippen LogP contribution in [0.2, 0.25) is 0 Å². The molecule has 0 unspecified atom stereocenters. The number of benzene rings is 2. The number of phenolic OH excluding ortho intramolecular Hbond substituents is 1. The molecule has 11 heteroatoms. The molecule has 3 aromatic rings. The maximum absolute atomic E-state index is 14.1. The second kappa shape index (κ2) is 6.86. The number of nitrogens with one attached hydrogen (secondary N) is 3. The van der Waals surface area contributed by atoms with Crippen LogP contribution in [-0.2, 0) is 4.79 Å². The predicted octanol–water partition coefficient (Wildman–Crippen LogP) is 3.73. The van der Waals surface area contributed by atoms with Gasteiger partial charge >= 0.3 is 12.0 Å². The van der Waals surface area contributed by atoms with E-state index in [9.17, 15) is 23.1 Å². The van der Waals surface area contributed by atoms with E-state index < -0.39 is 17.8 Å². The molecule has 0 radical (unpaired) electrons. The predicted molar refractivity (Wildman–Crippen MR) is 97.3 cm³/mol. The Morgan fingerprint density at radius 2 is 1.90 bits per heavy atom. The van der Waals surface area contributed by atoms with Crippen LogP contribution in [0.15, 0.2) is 48.7 Å². The molecule has 4 rings (SSSR count). The average molecular weight is 403 g/mol. The summed E-state index contributed by atoms with van der Waals surface area (Å²) in [5.74, 6) is -2.72. The van der Waals surface area contributed by atoms with E-state index in [2.05, 4.69) is 25.3 Å². The van der Waals surface area contributed by atoms with E-state index in [1.54, 1.807) is 12.1 Å². The number of rotatable bonds is 4. The molecular weight excluding hydrogens is 391 g/mol. The van der Waals surface area contributed by atoms with Crippen molar-refractivity contribution in [3.05, 3.63) is 54.5 Å². The fourth-order valence-corrected chi connectivity index (χ4v) is 2.54. The lowest BCUT2D eigenvalue weighted by atomic mass is 10.2. The Hall–Kier alpha value is -4.02. The van der Waals surface area contributed by atoms with Gasteiger partial charge in [0.05, 0.1) is 11.9 Å². The zero-order chi connectivity index (χ0) is 20.6. The molecule has 2 heterocycles. The highest BCUT2D eigenvalue weighted by atomic mass is 19.3. The number of aromatic nitrogens is 2. The van der Waals surface area contributed by atoms with Gasteiger partial charge < -0.3 is 25.8 Å². The Kier molecular flexibility index (Phi) is 4.34. The van der Waals surface area contributed by atoms with Crippen LogP contribution in [-0.4, -0.2) is 27.1 Å². The first-order valence-electron chi connectivity index (χ1n) is 8.18. The summed E-state index contributed by atoms with van der Waals surface area (Å²) in [6, 6.07) is 10.0. The van der Waals surface area contributed by atoms with Gasteiger partial charge in [-0.05, 0) is 30.3 Å². The Morgan fingerprint density at radius 3 is 2.69 bits per heavy atom. The van der Waals surface area contributed by atoms with E-state index in [0.717, 1.165) is 6.20 Å². The molecule has 148 valence electrons. The molecule has 0 bridgehead atoms. The second-order valence-electron chi connectivity index (χ2n) is 5.97. The van der Waals surface area contributed by atoms with Gasteiger partial charge in [0.15, 0.2) is 17.4 Å². The highest BCUT2D eigenvalue weighted by molar-refractivity contribution is 5.99. The molecule has 0 aliphatic carbocycles. The molecule has 29 heavy (non-hydrogen) atoms. The normalized spacial score (nSPS) is 14.4. The summed E-state index contributed by atoms with van der Waals surface area (Å²) in [4.78, 5) is 19.2. The van der Waals surface area contributed by atoms with Crippen LogP contribution in [0, 0.1) is 5.82 Å². The van der Waals surface area contributed by atoms with Crippen LogP contribution in [0.5, 0.6) is 11.5 Å². The van der Waals surface area contributed by atoms with Crippen LogP contribution in [0.3, 0.4) is 0 Å². The Labute approximate surface area is 161 Å². The number of fused-ring (bicyclic) bond motifs is 1. The minimum absolute atomic E-state index is 0.00139. The van der Waals surface area contributed by atoms with Crippen LogP contribution < -0.4 is 20.7 Å². The summed E-state index contributed by atoms with van der Waals surface area (Å²) in [5.41, 5.74) is 0.745. The summed E-state index contributed by atoms with van der Waals surface area (Å²) in [7, 11) is 0. The van der Waals surface area contributed by atoms with Gasteiger partial charge in [-0.3, -0.25) is 4.79 Å². The lowest BCUT2D eigenvalue weighted by molar-refractivity contribution is -0.189. The minimum Gasteiger partial charge on any atom is -0.508 e. The number of amides is 1. The third-order valence-corrected chi connectivity index (χ3v) is 3.84. The van der Waals surface area contributed by atoms with Crippen molar-refractivity contribution < 1.29 is 27.8 Å². The van der Waals surface area contributed by atoms with Crippen molar-refractivity contribution in [1.82, 2.24) is 9.97 Å². The molecule has 8 nitrogen and oxygen atoms in total. The first-order valence-corrected chi connectivity index (χ1v) is 8.18. The lowest BCUT2D eigenvalue weighted by Gasteiger charge is -2.25. The van der Waals surface area contributed by atoms with E-state index >= 15 is 0 Å². The quantitative estimate of drug-likeness (QED) is 0.526. The summed E-state index contributed by atoms with van der Waals surface area (Å²) in [5, 5.41) is 17.0. The molecule has 1 aliphatic heterocycles. The summed E-state index contributed by atoms with van der Waals surface area (Å²) in [6.07, 6.45) is -3.03. The van der Waals surface area contributed by atoms with Crippen LogP contribution in [0.25, 0.3) is 0 Å². The van der Waals surface area contributed by atoms with Gasteiger partial charge in [0, 0.05) is 17.4 Å². The van der Waals surface area contributed by atoms with E-state index in [1.165, 1.54) is 30.3 Å². The van der Waals surface area contributed by atoms with Crippen molar-refractivity contribution in [2.75, 3.05) is 16.0 Å². The highest BCUT2D eigenvalue weighted by Gasteiger charge is 2.46. The van der Waals surface area contributed by atoms with Crippen molar-refractivity contribution in [2.45, 2.75) is 6.11 Å². The largest absolute Gasteiger partial charge is 0.508 e. The third kappa shape index (κ3) is 3.83. The Bertz CT molecular complexity index is 1110. The fourth-order valence-electron chi connectivity index (χ4n) is 2.54. The van der Waals surface area contributed by atoms with Crippen LogP contribution >= 0.6 is 0 Å². The first kappa shape index (κ1) is 18.3. The molecule has 0 fully saturated rings. The number of ether oxygens (including phenoxy) is 1. The van der Waals surface area contributed by atoms with E-state index in [1.807, 2.05) is 5.32 Å². The number of hydrogen-bond acceptors (Lipinski definition) is 7. The van der Waals surface area contributed by atoms with Crippen LogP contribution in [0.1, 0.15) is 0 Å². The van der Waals surface area contributed by atoms with Gasteiger partial charge in [0.1, 0.15) is 5.75 Å². The first-order chi connectivity index (χ1) is 13.8. The van der Waals surface area contributed by atoms with Gasteiger partial charge in [-0.25, -0.2) is 9.37 Å². The average Bonchev–Trinajstić information content (AvgIpc) is 2.65. The van der Waals surface area contributed by atoms with Crippen molar-refractivity contribution >= 4 is 34.7 Å². The second-order valence-corrected chi connectivity index (χ2v) is 5.97. The number of carbonyl (C=O) groups is 1. The monoisotopic (exact) mass is 403 g/mol. The van der Waals surface area contributed by atoms with Crippen molar-refractivity contribution in [3.63, 3.8) is 0 Å². The molecule has 1 aliphatic rings. The topological polar surface area (TPSA) is 108 Å². The highest BCUT2D eigenvalue weighted by Crippen LogP contribution is 2.37. The van der Waals surface area contributed by atoms with Gasteiger partial charge in [-0.15, -0.1) is 0 Å². The smallest absolute Gasteiger partial charge is 0.482 e. The number of carbonyl (C=O) groups excluding carboxylic acids is 1. The molecule has 2 aromatic carbocycles. The van der Waals surface area contributed by atoms with Crippen molar-refractivity contribution in [3.8, 4) is 11.5 Å². The van der Waals surface area contributed by atoms with Crippen molar-refractivity contribution in [1.29, 1.82) is 0 Å². The minimum atomic E-state index is -3.97. The van der Waals surface area contributed by atoms with E-state index in [-0.39, 0.29) is 34.6 Å². The number of hydrogen-bond donors (Lipinski definition) is 4. The van der Waals surface area contributed by atoms with Gasteiger partial charge in [0.2, 0.25) is 5.95 Å². The SMILES string of the molecule is O=C1Nc2cc(Nc3nc(Nc4cccc(O)c4)ncc3F)ccc2OC1(F)F. The zero-order valence-electron chi connectivity index (χ0n) is 14.4.